The molecule has 88 valence electrons. The van der Waals surface area contributed by atoms with Gasteiger partial charge in [0, 0.05) is 35.9 Å². The van der Waals surface area contributed by atoms with E-state index in [0.29, 0.717) is 5.56 Å². The number of hydrogen-bond acceptors (Lipinski definition) is 4. The molecule has 2 atom stereocenters. The normalized spacial score (nSPS) is 24.3. The maximum absolute atomic E-state index is 13.5. The van der Waals surface area contributed by atoms with Crippen molar-refractivity contribution in [2.75, 3.05) is 25.1 Å². The van der Waals surface area contributed by atoms with Crippen LogP contribution < -0.4 is 0 Å². The second kappa shape index (κ2) is 5.12. The number of nitrogens with zero attached hydrogens (tertiary/aromatic N) is 2. The molecule has 1 aromatic rings. The van der Waals surface area contributed by atoms with Gasteiger partial charge in [0.1, 0.15) is 5.82 Å². The lowest BCUT2D eigenvalue weighted by atomic mass is 10.0. The number of halogens is 1. The molecule has 0 amide bonds. The summed E-state index contributed by atoms with van der Waals surface area (Å²) in [6, 6.07) is 1.53. The van der Waals surface area contributed by atoms with Gasteiger partial charge in [0.2, 0.25) is 0 Å². The smallest absolute Gasteiger partial charge is 0.147 e. The molecule has 2 rings (SSSR count). The van der Waals surface area contributed by atoms with Crippen molar-refractivity contribution in [3.63, 3.8) is 0 Å². The Morgan fingerprint density at radius 2 is 2.50 bits per heavy atom. The van der Waals surface area contributed by atoms with E-state index in [0.717, 1.165) is 24.2 Å². The standard InChI is InChI=1S/C11H15FN2OS/c1-14-4-5-16-7-10(14)11(15)8-2-3-13-6-9(8)12/h2-3,6,10-11,15H,4-5,7H2,1H3. The lowest BCUT2D eigenvalue weighted by Gasteiger charge is -2.35. The first-order valence-corrected chi connectivity index (χ1v) is 6.41. The van der Waals surface area contributed by atoms with E-state index in [9.17, 15) is 9.50 Å². The van der Waals surface area contributed by atoms with Gasteiger partial charge in [-0.25, -0.2) is 4.39 Å². The van der Waals surface area contributed by atoms with Crippen LogP contribution in [0, 0.1) is 5.82 Å². The quantitative estimate of drug-likeness (QED) is 0.848. The van der Waals surface area contributed by atoms with Gasteiger partial charge in [-0.3, -0.25) is 9.88 Å². The van der Waals surface area contributed by atoms with E-state index >= 15 is 0 Å². The van der Waals surface area contributed by atoms with E-state index < -0.39 is 11.9 Å². The molecule has 0 aromatic carbocycles. The summed E-state index contributed by atoms with van der Waals surface area (Å²) in [5.41, 5.74) is 0.342. The third kappa shape index (κ3) is 2.36. The van der Waals surface area contributed by atoms with Crippen LogP contribution in [0.2, 0.25) is 0 Å². The third-order valence-corrected chi connectivity index (χ3v) is 3.98. The molecule has 3 nitrogen and oxygen atoms in total. The van der Waals surface area contributed by atoms with Crippen LogP contribution in [-0.2, 0) is 0 Å². The summed E-state index contributed by atoms with van der Waals surface area (Å²) in [5, 5.41) is 10.2. The van der Waals surface area contributed by atoms with Crippen LogP contribution in [0.25, 0.3) is 0 Å². The van der Waals surface area contributed by atoms with E-state index in [-0.39, 0.29) is 6.04 Å². The molecule has 0 radical (unpaired) electrons. The molecule has 2 heterocycles. The zero-order valence-corrected chi connectivity index (χ0v) is 9.95. The molecule has 0 bridgehead atoms. The number of hydrogen-bond donors (Lipinski definition) is 1. The maximum atomic E-state index is 13.5. The SMILES string of the molecule is CN1CCSCC1C(O)c1ccncc1F. The molecule has 0 aliphatic carbocycles. The maximum Gasteiger partial charge on any atom is 0.147 e. The van der Waals surface area contributed by atoms with Crippen LogP contribution in [0.1, 0.15) is 11.7 Å². The average molecular weight is 242 g/mol. The summed E-state index contributed by atoms with van der Waals surface area (Å²) in [4.78, 5) is 5.77. The predicted octanol–water partition coefficient (Wildman–Crippen LogP) is 1.30. The van der Waals surface area contributed by atoms with E-state index in [1.807, 2.05) is 7.05 Å². The van der Waals surface area contributed by atoms with Crippen molar-refractivity contribution in [2.45, 2.75) is 12.1 Å². The van der Waals surface area contributed by atoms with Crippen LogP contribution in [0.5, 0.6) is 0 Å². The van der Waals surface area contributed by atoms with Crippen molar-refractivity contribution >= 4 is 11.8 Å². The third-order valence-electron chi connectivity index (χ3n) is 2.93. The highest BCUT2D eigenvalue weighted by molar-refractivity contribution is 7.99. The van der Waals surface area contributed by atoms with Gasteiger partial charge in [0.15, 0.2) is 0 Å². The first-order chi connectivity index (χ1) is 7.70. The van der Waals surface area contributed by atoms with Crippen molar-refractivity contribution in [3.05, 3.63) is 29.8 Å². The lowest BCUT2D eigenvalue weighted by Crippen LogP contribution is -2.43. The molecule has 5 heteroatoms. The number of aliphatic hydroxyl groups excluding tert-OH is 1. The number of thioether (sulfide) groups is 1. The Hall–Kier alpha value is -0.650. The highest BCUT2D eigenvalue weighted by Gasteiger charge is 2.29. The van der Waals surface area contributed by atoms with Gasteiger partial charge in [-0.1, -0.05) is 0 Å². The van der Waals surface area contributed by atoms with Gasteiger partial charge >= 0.3 is 0 Å². The Labute approximate surface area is 98.7 Å². The Bertz CT molecular complexity index is 364. The summed E-state index contributed by atoms with van der Waals surface area (Å²) in [5.74, 6) is 1.47. The number of aliphatic hydroxyl groups is 1. The fraction of sp³-hybridized carbons (Fsp3) is 0.545. The molecule has 2 unspecified atom stereocenters. The Balaban J connectivity index is 2.17. The van der Waals surface area contributed by atoms with Crippen LogP contribution in [0.15, 0.2) is 18.5 Å². The van der Waals surface area contributed by atoms with Gasteiger partial charge in [0.25, 0.3) is 0 Å². The zero-order chi connectivity index (χ0) is 11.5. The largest absolute Gasteiger partial charge is 0.387 e. The van der Waals surface area contributed by atoms with Gasteiger partial charge in [-0.05, 0) is 13.1 Å². The molecular formula is C11H15FN2OS. The predicted molar refractivity (Wildman–Crippen MR) is 62.9 cm³/mol. The summed E-state index contributed by atoms with van der Waals surface area (Å²) in [6.45, 7) is 0.930. The minimum absolute atomic E-state index is 0.0179. The van der Waals surface area contributed by atoms with Gasteiger partial charge in [0.05, 0.1) is 12.3 Å². The van der Waals surface area contributed by atoms with Crippen molar-refractivity contribution in [3.8, 4) is 0 Å². The average Bonchev–Trinajstić information content (AvgIpc) is 2.29. The van der Waals surface area contributed by atoms with Gasteiger partial charge < -0.3 is 5.11 Å². The van der Waals surface area contributed by atoms with Crippen molar-refractivity contribution in [1.82, 2.24) is 9.88 Å². The molecule has 1 saturated heterocycles. The minimum Gasteiger partial charge on any atom is -0.387 e. The second-order valence-electron chi connectivity index (χ2n) is 3.96. The van der Waals surface area contributed by atoms with Gasteiger partial charge in [-0.15, -0.1) is 0 Å². The minimum atomic E-state index is -0.777. The number of rotatable bonds is 2. The Kier molecular flexibility index (Phi) is 3.78. The lowest BCUT2D eigenvalue weighted by molar-refractivity contribution is 0.0730. The van der Waals surface area contributed by atoms with Crippen LogP contribution in [-0.4, -0.2) is 46.1 Å². The van der Waals surface area contributed by atoms with E-state index in [2.05, 4.69) is 9.88 Å². The summed E-state index contributed by atoms with van der Waals surface area (Å²) >= 11 is 1.80. The molecular weight excluding hydrogens is 227 g/mol. The van der Waals surface area contributed by atoms with Crippen molar-refractivity contribution in [2.24, 2.45) is 0 Å². The van der Waals surface area contributed by atoms with Crippen molar-refractivity contribution in [1.29, 1.82) is 0 Å². The molecule has 1 fully saturated rings. The van der Waals surface area contributed by atoms with Crippen LogP contribution >= 0.6 is 11.8 Å². The van der Waals surface area contributed by atoms with Crippen LogP contribution in [0.3, 0.4) is 0 Å². The molecule has 0 saturated carbocycles. The van der Waals surface area contributed by atoms with E-state index in [4.69, 9.17) is 0 Å². The summed E-state index contributed by atoms with van der Waals surface area (Å²) in [7, 11) is 1.96. The topological polar surface area (TPSA) is 36.4 Å². The van der Waals surface area contributed by atoms with E-state index in [1.165, 1.54) is 6.20 Å². The summed E-state index contributed by atoms with van der Waals surface area (Å²) in [6.07, 6.45) is 1.88. The highest BCUT2D eigenvalue weighted by Crippen LogP contribution is 2.27. The van der Waals surface area contributed by atoms with Crippen LogP contribution in [0.4, 0.5) is 4.39 Å². The molecule has 1 N–H and O–H groups in total. The summed E-state index contributed by atoms with van der Waals surface area (Å²) < 4.78 is 13.5. The van der Waals surface area contributed by atoms with E-state index in [1.54, 1.807) is 17.8 Å². The number of likely N-dealkylation sites (N-methyl/N-ethyl adjacent to an activating group) is 1. The fourth-order valence-corrected chi connectivity index (χ4v) is 3.13. The molecule has 1 aliphatic heterocycles. The Morgan fingerprint density at radius 1 is 1.69 bits per heavy atom. The van der Waals surface area contributed by atoms with Crippen molar-refractivity contribution < 1.29 is 9.50 Å². The van der Waals surface area contributed by atoms with Gasteiger partial charge in [-0.2, -0.15) is 11.8 Å². The second-order valence-corrected chi connectivity index (χ2v) is 5.11. The fourth-order valence-electron chi connectivity index (χ4n) is 1.87. The number of pyridine rings is 1. The Morgan fingerprint density at radius 3 is 3.19 bits per heavy atom. The highest BCUT2D eigenvalue weighted by atomic mass is 32.2. The number of aromatic nitrogens is 1. The monoisotopic (exact) mass is 242 g/mol. The first-order valence-electron chi connectivity index (χ1n) is 5.25. The molecule has 1 aromatic heterocycles. The molecule has 1 aliphatic rings. The zero-order valence-electron chi connectivity index (χ0n) is 9.14. The molecule has 0 spiro atoms. The first kappa shape index (κ1) is 11.8. The molecule has 16 heavy (non-hydrogen) atoms.